The number of halogens is 1. The topological polar surface area (TPSA) is 97.1 Å². The number of aromatic nitrogens is 2. The molecule has 190 valence electrons. The van der Waals surface area contributed by atoms with Gasteiger partial charge in [0.15, 0.2) is 10.9 Å². The zero-order chi connectivity index (χ0) is 26.6. The van der Waals surface area contributed by atoms with Crippen LogP contribution < -0.4 is 10.6 Å². The van der Waals surface area contributed by atoms with Gasteiger partial charge in [0.2, 0.25) is 5.76 Å². The predicted octanol–water partition coefficient (Wildman–Crippen LogP) is 7.29. The molecule has 9 heteroatoms. The van der Waals surface area contributed by atoms with Gasteiger partial charge in [-0.3, -0.25) is 9.59 Å². The smallest absolute Gasteiger partial charge is 0.293 e. The highest BCUT2D eigenvalue weighted by Gasteiger charge is 2.24. The molecule has 7 nitrogen and oxygen atoms in total. The van der Waals surface area contributed by atoms with E-state index in [0.29, 0.717) is 27.6 Å². The number of fused-ring (bicyclic) bond motifs is 1. The molecule has 5 aromatic rings. The summed E-state index contributed by atoms with van der Waals surface area (Å²) in [6, 6.07) is 22.6. The minimum absolute atomic E-state index is 0.00346. The van der Waals surface area contributed by atoms with Crippen LogP contribution in [0.5, 0.6) is 0 Å². The molecule has 2 heterocycles. The molecule has 2 amide bonds. The van der Waals surface area contributed by atoms with Gasteiger partial charge in [-0.05, 0) is 49.2 Å². The van der Waals surface area contributed by atoms with Crippen LogP contribution in [-0.2, 0) is 5.75 Å². The van der Waals surface area contributed by atoms with Crippen molar-refractivity contribution >= 4 is 57.5 Å². The number of hydrogen-bond acceptors (Lipinski definition) is 6. The molecule has 0 saturated carbocycles. The van der Waals surface area contributed by atoms with E-state index in [2.05, 4.69) is 26.7 Å². The molecule has 2 aromatic heterocycles. The molecule has 0 aliphatic carbocycles. The Morgan fingerprint density at radius 2 is 1.68 bits per heavy atom. The molecule has 2 N–H and O–H groups in total. The molecule has 0 unspecified atom stereocenters. The number of para-hydroxylation sites is 1. The van der Waals surface area contributed by atoms with Crippen LogP contribution in [0.2, 0.25) is 5.02 Å². The Morgan fingerprint density at radius 3 is 2.47 bits per heavy atom. The van der Waals surface area contributed by atoms with Gasteiger partial charge < -0.3 is 15.1 Å². The Bertz CT molecular complexity index is 1670. The van der Waals surface area contributed by atoms with Gasteiger partial charge in [0, 0.05) is 16.8 Å². The quantitative estimate of drug-likeness (QED) is 0.165. The van der Waals surface area contributed by atoms with Crippen LogP contribution >= 0.6 is 23.4 Å². The van der Waals surface area contributed by atoms with Gasteiger partial charge in [0.1, 0.15) is 11.3 Å². The van der Waals surface area contributed by atoms with Crippen LogP contribution in [0.25, 0.3) is 11.0 Å². The number of aryl methyl sites for hydroxylation is 2. The number of furan rings is 1. The second-order valence-corrected chi connectivity index (χ2v) is 10.1. The molecule has 5 rings (SSSR count). The van der Waals surface area contributed by atoms with Gasteiger partial charge in [-0.15, -0.1) is 0 Å². The van der Waals surface area contributed by atoms with Crippen molar-refractivity contribution in [3.8, 4) is 0 Å². The summed E-state index contributed by atoms with van der Waals surface area (Å²) in [6.07, 6.45) is 1.40. The van der Waals surface area contributed by atoms with Crippen molar-refractivity contribution in [1.82, 2.24) is 9.97 Å². The summed E-state index contributed by atoms with van der Waals surface area (Å²) in [7, 11) is 0. The van der Waals surface area contributed by atoms with Crippen molar-refractivity contribution in [2.24, 2.45) is 0 Å². The molecule has 0 aliphatic rings. The van der Waals surface area contributed by atoms with E-state index in [0.717, 1.165) is 16.7 Å². The number of carbonyl (C=O) groups is 2. The first-order chi connectivity index (χ1) is 18.4. The maximum atomic E-state index is 13.4. The second kappa shape index (κ2) is 11.1. The molecule has 0 spiro atoms. The average molecular weight is 543 g/mol. The fourth-order valence-corrected chi connectivity index (χ4v) is 4.88. The number of nitrogens with zero attached hydrogens (tertiary/aromatic N) is 2. The van der Waals surface area contributed by atoms with Crippen LogP contribution in [0.4, 0.5) is 11.4 Å². The van der Waals surface area contributed by atoms with Crippen LogP contribution in [0, 0.1) is 13.8 Å². The third-order valence-corrected chi connectivity index (χ3v) is 6.91. The van der Waals surface area contributed by atoms with E-state index in [9.17, 15) is 9.59 Å². The molecular formula is C29H23ClN4O3S. The lowest BCUT2D eigenvalue weighted by Gasteiger charge is -2.09. The molecule has 3 aromatic carbocycles. The third kappa shape index (κ3) is 5.72. The largest absolute Gasteiger partial charge is 0.449 e. The van der Waals surface area contributed by atoms with Crippen molar-refractivity contribution in [1.29, 1.82) is 0 Å². The fourth-order valence-electron chi connectivity index (χ4n) is 3.94. The first-order valence-corrected chi connectivity index (χ1v) is 13.2. The highest BCUT2D eigenvalue weighted by molar-refractivity contribution is 7.98. The summed E-state index contributed by atoms with van der Waals surface area (Å²) < 4.78 is 5.85. The first kappa shape index (κ1) is 25.5. The van der Waals surface area contributed by atoms with E-state index < -0.39 is 11.8 Å². The number of hydrogen-bond donors (Lipinski definition) is 2. The van der Waals surface area contributed by atoms with E-state index in [1.807, 2.05) is 50.2 Å². The minimum atomic E-state index is -0.578. The summed E-state index contributed by atoms with van der Waals surface area (Å²) in [4.78, 5) is 35.2. The highest BCUT2D eigenvalue weighted by atomic mass is 35.5. The Balaban J connectivity index is 1.41. The summed E-state index contributed by atoms with van der Waals surface area (Å²) in [5.41, 5.74) is 4.59. The number of nitrogens with one attached hydrogen (secondary N) is 2. The SMILES string of the molecule is Cc1cccc(CSc2ncc(Cl)c(C(=O)Nc3c(C(=O)Nc4cccc(C)c4)oc4ccccc34)n2)c1. The van der Waals surface area contributed by atoms with Crippen molar-refractivity contribution in [3.05, 3.63) is 112 Å². The first-order valence-electron chi connectivity index (χ1n) is 11.8. The predicted molar refractivity (Wildman–Crippen MR) is 151 cm³/mol. The molecule has 0 radical (unpaired) electrons. The number of rotatable bonds is 7. The number of amides is 2. The zero-order valence-corrected chi connectivity index (χ0v) is 22.2. The minimum Gasteiger partial charge on any atom is -0.449 e. The fraction of sp³-hybridized carbons (Fsp3) is 0.103. The number of benzene rings is 3. The summed E-state index contributed by atoms with van der Waals surface area (Å²) in [5, 5.41) is 6.72. The third-order valence-electron chi connectivity index (χ3n) is 5.70. The number of anilines is 2. The zero-order valence-electron chi connectivity index (χ0n) is 20.6. The van der Waals surface area contributed by atoms with Crippen molar-refractivity contribution < 1.29 is 14.0 Å². The Kier molecular flexibility index (Phi) is 7.44. The van der Waals surface area contributed by atoms with E-state index in [4.69, 9.17) is 16.0 Å². The highest BCUT2D eigenvalue weighted by Crippen LogP contribution is 2.32. The van der Waals surface area contributed by atoms with Gasteiger partial charge in [-0.2, -0.15) is 0 Å². The van der Waals surface area contributed by atoms with Crippen molar-refractivity contribution in [2.75, 3.05) is 10.6 Å². The van der Waals surface area contributed by atoms with E-state index in [1.54, 1.807) is 30.3 Å². The van der Waals surface area contributed by atoms with Crippen LogP contribution in [0.3, 0.4) is 0 Å². The van der Waals surface area contributed by atoms with Crippen LogP contribution in [0.15, 0.2) is 88.6 Å². The summed E-state index contributed by atoms with van der Waals surface area (Å²) in [5.74, 6) is -0.462. The Hall–Kier alpha value is -4.14. The second-order valence-electron chi connectivity index (χ2n) is 8.71. The Labute approximate surface area is 228 Å². The van der Waals surface area contributed by atoms with E-state index in [1.165, 1.54) is 18.0 Å². The molecule has 0 atom stereocenters. The van der Waals surface area contributed by atoms with Gasteiger partial charge in [0.05, 0.1) is 11.2 Å². The van der Waals surface area contributed by atoms with Crippen molar-refractivity contribution in [3.63, 3.8) is 0 Å². The maximum Gasteiger partial charge on any atom is 0.293 e. The normalized spacial score (nSPS) is 10.9. The van der Waals surface area contributed by atoms with Crippen LogP contribution in [-0.4, -0.2) is 21.8 Å². The van der Waals surface area contributed by atoms with Crippen LogP contribution in [0.1, 0.15) is 37.7 Å². The Morgan fingerprint density at radius 1 is 0.921 bits per heavy atom. The van der Waals surface area contributed by atoms with Gasteiger partial charge in [-0.25, -0.2) is 9.97 Å². The summed E-state index contributed by atoms with van der Waals surface area (Å²) >= 11 is 7.71. The standard InChI is InChI=1S/C29H23ClN4O3S/c1-17-7-5-9-19(13-17)16-38-29-31-15-22(30)25(34-29)27(35)33-24-21-11-3-4-12-23(21)37-26(24)28(36)32-20-10-6-8-18(2)14-20/h3-15H,16H2,1-2H3,(H,32,36)(H,33,35). The lowest BCUT2D eigenvalue weighted by Crippen LogP contribution is -2.19. The van der Waals surface area contributed by atoms with Gasteiger partial charge in [0.25, 0.3) is 11.8 Å². The summed E-state index contributed by atoms with van der Waals surface area (Å²) in [6.45, 7) is 3.96. The number of thioether (sulfide) groups is 1. The monoisotopic (exact) mass is 542 g/mol. The molecule has 0 aliphatic heterocycles. The molecule has 0 bridgehead atoms. The molecule has 0 saturated heterocycles. The van der Waals surface area contributed by atoms with Crippen molar-refractivity contribution in [2.45, 2.75) is 24.8 Å². The lowest BCUT2D eigenvalue weighted by atomic mass is 10.2. The maximum absolute atomic E-state index is 13.4. The average Bonchev–Trinajstić information content (AvgIpc) is 3.26. The molecule has 0 fully saturated rings. The van der Waals surface area contributed by atoms with E-state index in [-0.39, 0.29) is 22.2 Å². The molecular weight excluding hydrogens is 520 g/mol. The van der Waals surface area contributed by atoms with Gasteiger partial charge >= 0.3 is 0 Å². The van der Waals surface area contributed by atoms with Gasteiger partial charge in [-0.1, -0.05) is 77.5 Å². The number of carbonyl (C=O) groups excluding carboxylic acids is 2. The molecule has 38 heavy (non-hydrogen) atoms. The van der Waals surface area contributed by atoms with E-state index >= 15 is 0 Å². The lowest BCUT2D eigenvalue weighted by molar-refractivity contribution is 0.0999.